The average Bonchev–Trinajstić information content (AvgIpc) is 4.18. The normalized spacial score (nSPS) is 14.3. The minimum absolute atomic E-state index is 0.453. The first-order valence-corrected chi connectivity index (χ1v) is 23.6. The van der Waals surface area contributed by atoms with E-state index in [0.717, 1.165) is 33.2 Å². The third-order valence-electron chi connectivity index (χ3n) is 15.6. The fourth-order valence-electron chi connectivity index (χ4n) is 13.1. The van der Waals surface area contributed by atoms with E-state index in [4.69, 9.17) is 24.9 Å². The molecule has 8 aromatic carbocycles. The van der Waals surface area contributed by atoms with Gasteiger partial charge in [0.05, 0.1) is 10.8 Å². The van der Waals surface area contributed by atoms with Gasteiger partial charge in [-0.2, -0.15) is 9.97 Å². The largest absolute Gasteiger partial charge is 0.245 e. The van der Waals surface area contributed by atoms with Gasteiger partial charge in [-0.25, -0.2) is 19.5 Å². The molecule has 6 nitrogen and oxygen atoms in total. The van der Waals surface area contributed by atoms with Crippen LogP contribution in [0.3, 0.4) is 0 Å². The van der Waals surface area contributed by atoms with E-state index in [1.54, 1.807) is 0 Å². The molecule has 0 unspecified atom stereocenters. The van der Waals surface area contributed by atoms with Crippen molar-refractivity contribution in [3.05, 3.63) is 263 Å². The Bertz CT molecular complexity index is 3880. The van der Waals surface area contributed by atoms with Crippen LogP contribution in [0.4, 0.5) is 0 Å². The van der Waals surface area contributed by atoms with Crippen LogP contribution in [0.25, 0.3) is 95.3 Å². The molecular weight excluding hydrogens is 841 g/mol. The summed E-state index contributed by atoms with van der Waals surface area (Å²) in [5.41, 5.74) is 22.6. The first kappa shape index (κ1) is 37.0. The van der Waals surface area contributed by atoms with Crippen LogP contribution in [0.1, 0.15) is 44.5 Å². The van der Waals surface area contributed by atoms with Gasteiger partial charge in [-0.3, -0.25) is 0 Å². The molecule has 0 radical (unpaired) electrons. The molecule has 0 saturated carbocycles. The summed E-state index contributed by atoms with van der Waals surface area (Å²) in [6, 6.07) is 75.3. The van der Waals surface area contributed by atoms with Gasteiger partial charge < -0.3 is 0 Å². The summed E-state index contributed by atoms with van der Waals surface area (Å²) in [5, 5.41) is 1.97. The molecule has 4 aromatic heterocycles. The monoisotopic (exact) mass is 876 g/mol. The Balaban J connectivity index is 0.941. The van der Waals surface area contributed by atoms with E-state index in [0.29, 0.717) is 17.6 Å². The molecule has 6 heteroatoms. The van der Waals surface area contributed by atoms with E-state index in [2.05, 4.69) is 194 Å². The molecule has 0 atom stereocenters. The molecule has 0 aliphatic heterocycles. The Labute approximate surface area is 397 Å². The molecule has 0 saturated heterocycles. The topological polar surface area (TPSA) is 69.4 Å². The molecular formula is C63H36N6. The van der Waals surface area contributed by atoms with Crippen molar-refractivity contribution in [2.24, 2.45) is 0 Å². The van der Waals surface area contributed by atoms with E-state index in [1.807, 2.05) is 29.1 Å². The summed E-state index contributed by atoms with van der Waals surface area (Å²) in [6.07, 6.45) is 3.64. The smallest absolute Gasteiger partial charge is 0.241 e. The number of hydrogen-bond acceptors (Lipinski definition) is 5. The first-order chi connectivity index (χ1) is 34.2. The Hall–Kier alpha value is -9.13. The van der Waals surface area contributed by atoms with Crippen molar-refractivity contribution in [2.45, 2.75) is 10.8 Å². The number of fused-ring (bicyclic) bond motifs is 23. The predicted octanol–water partition coefficient (Wildman–Crippen LogP) is 13.8. The van der Waals surface area contributed by atoms with Gasteiger partial charge in [0, 0.05) is 34.3 Å². The van der Waals surface area contributed by atoms with E-state index in [-0.39, 0.29) is 0 Å². The number of hydrogen-bond donors (Lipinski definition) is 0. The van der Waals surface area contributed by atoms with Gasteiger partial charge in [0.25, 0.3) is 0 Å². The fourth-order valence-corrected chi connectivity index (χ4v) is 13.1. The molecule has 4 aliphatic carbocycles. The van der Waals surface area contributed by atoms with Crippen molar-refractivity contribution < 1.29 is 0 Å². The van der Waals surface area contributed by atoms with E-state index >= 15 is 0 Å². The zero-order chi connectivity index (χ0) is 45.0. The zero-order valence-corrected chi connectivity index (χ0v) is 37.0. The molecule has 4 heterocycles. The Kier molecular flexibility index (Phi) is 7.12. The summed E-state index contributed by atoms with van der Waals surface area (Å²) in [6.45, 7) is 0. The van der Waals surface area contributed by atoms with Crippen molar-refractivity contribution in [2.75, 3.05) is 0 Å². The maximum atomic E-state index is 5.45. The Morgan fingerprint density at radius 1 is 0.290 bits per heavy atom. The predicted molar refractivity (Wildman–Crippen MR) is 273 cm³/mol. The lowest BCUT2D eigenvalue weighted by atomic mass is 9.70. The number of aromatic nitrogens is 6. The molecule has 12 aromatic rings. The number of rotatable bonds is 3. The summed E-state index contributed by atoms with van der Waals surface area (Å²) >= 11 is 0. The van der Waals surface area contributed by atoms with Crippen LogP contribution in [0.5, 0.6) is 0 Å². The van der Waals surface area contributed by atoms with Crippen molar-refractivity contribution in [3.63, 3.8) is 0 Å². The fraction of sp³-hybridized carbons (Fsp3) is 0.0317. The molecule has 0 amide bonds. The average molecular weight is 877 g/mol. The van der Waals surface area contributed by atoms with Crippen LogP contribution in [0.15, 0.2) is 219 Å². The third-order valence-corrected chi connectivity index (χ3v) is 15.6. The van der Waals surface area contributed by atoms with Gasteiger partial charge in [-0.05, 0) is 125 Å². The molecule has 4 aliphatic rings. The van der Waals surface area contributed by atoms with Crippen molar-refractivity contribution in [1.29, 1.82) is 0 Å². The number of nitrogens with zero attached hydrogens (tertiary/aromatic N) is 6. The zero-order valence-electron chi connectivity index (χ0n) is 37.0. The van der Waals surface area contributed by atoms with Crippen LogP contribution in [-0.2, 0) is 10.8 Å². The van der Waals surface area contributed by atoms with Crippen LogP contribution < -0.4 is 0 Å². The standard InChI is InChI=1S/C63H36N6/c1-7-23-49-39(15-1)40-16-2-8-24-50(40)62(49)53-27-11-5-19-43(53)47-35-37(29-31-55(47)62)57-66-58(68-61(67-57)69-59-45(21-13-33-64-59)46-22-14-34-65-60(46)69)38-30-32-56-48(36-38)44-20-6-12-28-54(44)63(56)51-25-9-3-17-41(51)42-18-4-10-26-52(42)63/h1-36H. The van der Waals surface area contributed by atoms with Crippen LogP contribution in [0, 0.1) is 0 Å². The van der Waals surface area contributed by atoms with E-state index in [9.17, 15) is 0 Å². The van der Waals surface area contributed by atoms with Gasteiger partial charge in [0.1, 0.15) is 11.3 Å². The van der Waals surface area contributed by atoms with Gasteiger partial charge >= 0.3 is 0 Å². The SMILES string of the molecule is c1ccc2c(c1)-c1ccccc1C21c2ccccc2-c2cc(-c3nc(-c4ccc5c(c4)-c4ccccc4C54c5ccccc5-c5ccccc54)nc(-n4c5ncccc5c5cccnc54)n3)ccc21. The minimum Gasteiger partial charge on any atom is -0.245 e. The maximum absolute atomic E-state index is 5.45. The highest BCUT2D eigenvalue weighted by molar-refractivity contribution is 6.06. The molecule has 16 rings (SSSR count). The summed E-state index contributed by atoms with van der Waals surface area (Å²) in [5.74, 6) is 1.60. The van der Waals surface area contributed by atoms with E-state index < -0.39 is 10.8 Å². The van der Waals surface area contributed by atoms with Crippen molar-refractivity contribution in [1.82, 2.24) is 29.5 Å². The first-order valence-electron chi connectivity index (χ1n) is 23.6. The Morgan fingerprint density at radius 2 is 0.609 bits per heavy atom. The molecule has 2 spiro atoms. The summed E-state index contributed by atoms with van der Waals surface area (Å²) in [7, 11) is 0. The third kappa shape index (κ3) is 4.54. The highest BCUT2D eigenvalue weighted by Crippen LogP contribution is 2.64. The van der Waals surface area contributed by atoms with Gasteiger partial charge in [0.15, 0.2) is 11.6 Å². The molecule has 0 bridgehead atoms. The number of benzene rings is 8. The second-order valence-corrected chi connectivity index (χ2v) is 18.7. The summed E-state index contributed by atoms with van der Waals surface area (Å²) in [4.78, 5) is 26.1. The second kappa shape index (κ2) is 13.3. The van der Waals surface area contributed by atoms with Gasteiger partial charge in [0.2, 0.25) is 5.95 Å². The Morgan fingerprint density at radius 3 is 0.971 bits per heavy atom. The summed E-state index contributed by atoms with van der Waals surface area (Å²) < 4.78 is 1.99. The lowest BCUT2D eigenvalue weighted by Crippen LogP contribution is -2.25. The van der Waals surface area contributed by atoms with E-state index in [1.165, 1.54) is 89.0 Å². The van der Waals surface area contributed by atoms with Crippen LogP contribution >= 0.6 is 0 Å². The lowest BCUT2D eigenvalue weighted by molar-refractivity contribution is 0.793. The number of pyridine rings is 2. The quantitative estimate of drug-likeness (QED) is 0.177. The van der Waals surface area contributed by atoms with Crippen molar-refractivity contribution in [3.8, 4) is 73.2 Å². The van der Waals surface area contributed by atoms with Gasteiger partial charge in [-0.15, -0.1) is 0 Å². The van der Waals surface area contributed by atoms with Gasteiger partial charge in [-0.1, -0.05) is 170 Å². The van der Waals surface area contributed by atoms with Crippen molar-refractivity contribution >= 4 is 22.1 Å². The highest BCUT2D eigenvalue weighted by atomic mass is 15.2. The minimum atomic E-state index is -0.453. The molecule has 0 N–H and O–H groups in total. The molecule has 69 heavy (non-hydrogen) atoms. The van der Waals surface area contributed by atoms with Crippen LogP contribution in [-0.4, -0.2) is 29.5 Å². The maximum Gasteiger partial charge on any atom is 0.241 e. The highest BCUT2D eigenvalue weighted by Gasteiger charge is 2.53. The van der Waals surface area contributed by atoms with Crippen LogP contribution in [0.2, 0.25) is 0 Å². The lowest BCUT2D eigenvalue weighted by Gasteiger charge is -2.30. The second-order valence-electron chi connectivity index (χ2n) is 18.7. The molecule has 0 fully saturated rings. The molecule has 318 valence electrons.